The molecule has 0 saturated heterocycles. The Kier molecular flexibility index (Phi) is 3.46. The molecule has 0 heterocycles. The molecule has 0 spiro atoms. The zero-order valence-corrected chi connectivity index (χ0v) is 10.0. The molecule has 0 atom stereocenters. The Balaban J connectivity index is 2.45. The lowest BCUT2D eigenvalue weighted by Gasteiger charge is -2.07. The van der Waals surface area contributed by atoms with Crippen molar-refractivity contribution >= 4 is 0 Å². The zero-order valence-electron chi connectivity index (χ0n) is 10.0. The summed E-state index contributed by atoms with van der Waals surface area (Å²) < 4.78 is 37.1. The SMILES string of the molecule is COc1ccc(-c2ccc(OC)c(F)c2)c(F)c1. The first kappa shape index (κ1) is 12.4. The summed E-state index contributed by atoms with van der Waals surface area (Å²) in [5.41, 5.74) is 0.769. The van der Waals surface area contributed by atoms with Crippen molar-refractivity contribution < 1.29 is 18.3 Å². The van der Waals surface area contributed by atoms with Crippen LogP contribution < -0.4 is 9.47 Å². The molecule has 0 amide bonds. The van der Waals surface area contributed by atoms with Crippen LogP contribution in [-0.2, 0) is 0 Å². The van der Waals surface area contributed by atoms with Gasteiger partial charge >= 0.3 is 0 Å². The van der Waals surface area contributed by atoms with E-state index in [4.69, 9.17) is 9.47 Å². The van der Waals surface area contributed by atoms with E-state index in [1.54, 1.807) is 18.2 Å². The first-order chi connectivity index (χ1) is 8.65. The van der Waals surface area contributed by atoms with Gasteiger partial charge in [-0.25, -0.2) is 8.78 Å². The molecule has 0 N–H and O–H groups in total. The average molecular weight is 250 g/mol. The smallest absolute Gasteiger partial charge is 0.165 e. The fourth-order valence-electron chi connectivity index (χ4n) is 1.69. The summed E-state index contributed by atoms with van der Waals surface area (Å²) in [6, 6.07) is 8.75. The highest BCUT2D eigenvalue weighted by molar-refractivity contribution is 5.66. The molecule has 2 rings (SSSR count). The van der Waals surface area contributed by atoms with Crippen LogP contribution in [0.15, 0.2) is 36.4 Å². The second-order valence-electron chi connectivity index (χ2n) is 3.70. The molecule has 94 valence electrons. The Hall–Kier alpha value is -2.10. The minimum atomic E-state index is -0.523. The van der Waals surface area contributed by atoms with Crippen molar-refractivity contribution in [1.82, 2.24) is 0 Å². The average Bonchev–Trinajstić information content (AvgIpc) is 2.38. The van der Waals surface area contributed by atoms with Gasteiger partial charge in [0, 0.05) is 11.6 Å². The minimum absolute atomic E-state index is 0.132. The predicted molar refractivity (Wildman–Crippen MR) is 64.9 cm³/mol. The summed E-state index contributed by atoms with van der Waals surface area (Å²) in [6.07, 6.45) is 0. The molecule has 0 fully saturated rings. The summed E-state index contributed by atoms with van der Waals surface area (Å²) in [7, 11) is 2.84. The monoisotopic (exact) mass is 250 g/mol. The number of benzene rings is 2. The quantitative estimate of drug-likeness (QED) is 0.827. The lowest BCUT2D eigenvalue weighted by atomic mass is 10.0. The van der Waals surface area contributed by atoms with E-state index in [0.717, 1.165) is 0 Å². The molecule has 0 unspecified atom stereocenters. The van der Waals surface area contributed by atoms with Gasteiger partial charge in [0.05, 0.1) is 14.2 Å². The summed E-state index contributed by atoms with van der Waals surface area (Å²) in [5.74, 6) is -0.429. The highest BCUT2D eigenvalue weighted by atomic mass is 19.1. The van der Waals surface area contributed by atoms with E-state index in [1.165, 1.54) is 32.4 Å². The Bertz CT molecular complexity index is 568. The highest BCUT2D eigenvalue weighted by Gasteiger charge is 2.09. The van der Waals surface area contributed by atoms with Crippen LogP contribution in [0.4, 0.5) is 8.78 Å². The van der Waals surface area contributed by atoms with Gasteiger partial charge in [0.15, 0.2) is 11.6 Å². The minimum Gasteiger partial charge on any atom is -0.497 e. The number of hydrogen-bond acceptors (Lipinski definition) is 2. The molecule has 2 aromatic carbocycles. The Labute approximate surface area is 104 Å². The van der Waals surface area contributed by atoms with Crippen molar-refractivity contribution in [3.05, 3.63) is 48.0 Å². The molecule has 0 aliphatic carbocycles. The third-order valence-electron chi connectivity index (χ3n) is 2.64. The molecule has 18 heavy (non-hydrogen) atoms. The van der Waals surface area contributed by atoms with Crippen LogP contribution in [0.2, 0.25) is 0 Å². The van der Waals surface area contributed by atoms with Gasteiger partial charge in [-0.1, -0.05) is 6.07 Å². The normalized spacial score (nSPS) is 10.2. The zero-order chi connectivity index (χ0) is 13.1. The summed E-state index contributed by atoms with van der Waals surface area (Å²) >= 11 is 0. The van der Waals surface area contributed by atoms with Crippen LogP contribution in [0.1, 0.15) is 0 Å². The molecule has 0 saturated carbocycles. The van der Waals surface area contributed by atoms with Gasteiger partial charge in [-0.05, 0) is 29.8 Å². The van der Waals surface area contributed by atoms with Crippen LogP contribution in [0.25, 0.3) is 11.1 Å². The summed E-state index contributed by atoms with van der Waals surface area (Å²) in [4.78, 5) is 0. The largest absolute Gasteiger partial charge is 0.497 e. The van der Waals surface area contributed by atoms with E-state index in [-0.39, 0.29) is 5.75 Å². The van der Waals surface area contributed by atoms with Gasteiger partial charge in [-0.3, -0.25) is 0 Å². The first-order valence-electron chi connectivity index (χ1n) is 5.33. The van der Waals surface area contributed by atoms with E-state index in [9.17, 15) is 8.78 Å². The molecule has 0 aliphatic heterocycles. The maximum Gasteiger partial charge on any atom is 0.165 e. The highest BCUT2D eigenvalue weighted by Crippen LogP contribution is 2.29. The topological polar surface area (TPSA) is 18.5 Å². The van der Waals surface area contributed by atoms with Crippen LogP contribution in [-0.4, -0.2) is 14.2 Å². The lowest BCUT2D eigenvalue weighted by molar-refractivity contribution is 0.386. The fourth-order valence-corrected chi connectivity index (χ4v) is 1.69. The maximum atomic E-state index is 13.8. The Morgan fingerprint density at radius 1 is 0.833 bits per heavy atom. The van der Waals surface area contributed by atoms with Gasteiger partial charge in [-0.15, -0.1) is 0 Å². The van der Waals surface area contributed by atoms with E-state index in [1.807, 2.05) is 0 Å². The van der Waals surface area contributed by atoms with Crippen LogP contribution in [0, 0.1) is 11.6 Å². The molecular formula is C14H12F2O2. The fraction of sp³-hybridized carbons (Fsp3) is 0.143. The van der Waals surface area contributed by atoms with E-state index in [2.05, 4.69) is 0 Å². The van der Waals surface area contributed by atoms with Crippen molar-refractivity contribution in [2.45, 2.75) is 0 Å². The lowest BCUT2D eigenvalue weighted by Crippen LogP contribution is -1.91. The molecule has 0 aliphatic rings. The van der Waals surface area contributed by atoms with Gasteiger partial charge < -0.3 is 9.47 Å². The molecule has 0 bridgehead atoms. The van der Waals surface area contributed by atoms with E-state index < -0.39 is 11.6 Å². The van der Waals surface area contributed by atoms with Gasteiger partial charge in [0.1, 0.15) is 11.6 Å². The van der Waals surface area contributed by atoms with Gasteiger partial charge in [-0.2, -0.15) is 0 Å². The number of hydrogen-bond donors (Lipinski definition) is 0. The molecule has 0 radical (unpaired) electrons. The van der Waals surface area contributed by atoms with Gasteiger partial charge in [0.2, 0.25) is 0 Å². The number of ether oxygens (including phenoxy) is 2. The van der Waals surface area contributed by atoms with Crippen molar-refractivity contribution in [2.24, 2.45) is 0 Å². The number of methoxy groups -OCH3 is 2. The van der Waals surface area contributed by atoms with Crippen molar-refractivity contribution in [3.63, 3.8) is 0 Å². The van der Waals surface area contributed by atoms with Gasteiger partial charge in [0.25, 0.3) is 0 Å². The molecule has 2 nitrogen and oxygen atoms in total. The van der Waals surface area contributed by atoms with Crippen LogP contribution in [0.3, 0.4) is 0 Å². The standard InChI is InChI=1S/C14H12F2O2/c1-17-10-4-5-11(12(15)8-10)9-3-6-14(18-2)13(16)7-9/h3-8H,1-2H3. The first-order valence-corrected chi connectivity index (χ1v) is 5.33. The van der Waals surface area contributed by atoms with Crippen molar-refractivity contribution in [2.75, 3.05) is 14.2 Å². The van der Waals surface area contributed by atoms with E-state index >= 15 is 0 Å². The number of rotatable bonds is 3. The Morgan fingerprint density at radius 2 is 1.61 bits per heavy atom. The molecular weight excluding hydrogens is 238 g/mol. The maximum absolute atomic E-state index is 13.8. The number of halogens is 2. The third-order valence-corrected chi connectivity index (χ3v) is 2.64. The van der Waals surface area contributed by atoms with Crippen LogP contribution >= 0.6 is 0 Å². The second kappa shape index (κ2) is 5.04. The predicted octanol–water partition coefficient (Wildman–Crippen LogP) is 3.65. The van der Waals surface area contributed by atoms with Crippen molar-refractivity contribution in [1.29, 1.82) is 0 Å². The van der Waals surface area contributed by atoms with Crippen molar-refractivity contribution in [3.8, 4) is 22.6 Å². The summed E-state index contributed by atoms with van der Waals surface area (Å²) in [5, 5.41) is 0. The molecule has 4 heteroatoms. The third kappa shape index (κ3) is 2.27. The molecule has 0 aromatic heterocycles. The second-order valence-corrected chi connectivity index (χ2v) is 3.70. The molecule has 2 aromatic rings. The van der Waals surface area contributed by atoms with Crippen LogP contribution in [0.5, 0.6) is 11.5 Å². The van der Waals surface area contributed by atoms with E-state index in [0.29, 0.717) is 16.9 Å². The Morgan fingerprint density at radius 3 is 2.17 bits per heavy atom. The summed E-state index contributed by atoms with van der Waals surface area (Å²) in [6.45, 7) is 0.